The van der Waals surface area contributed by atoms with Gasteiger partial charge in [0.15, 0.2) is 0 Å². The number of amides is 1. The minimum Gasteiger partial charge on any atom is -0.508 e. The summed E-state index contributed by atoms with van der Waals surface area (Å²) in [4.78, 5) is 24.2. The molecule has 20 heavy (non-hydrogen) atoms. The number of phenols is 1. The lowest BCUT2D eigenvalue weighted by Crippen LogP contribution is -2.49. The average molecular weight is 280 g/mol. The topological polar surface area (TPSA) is 104 Å². The number of aromatic hydroxyl groups is 1. The highest BCUT2D eigenvalue weighted by atomic mass is 16.4. The molecule has 0 bridgehead atoms. The van der Waals surface area contributed by atoms with Gasteiger partial charge in [0.2, 0.25) is 5.91 Å². The van der Waals surface area contributed by atoms with Crippen LogP contribution >= 0.6 is 0 Å². The molecule has 0 spiro atoms. The Morgan fingerprint density at radius 1 is 1.25 bits per heavy atom. The van der Waals surface area contributed by atoms with E-state index in [4.69, 9.17) is 10.8 Å². The highest BCUT2D eigenvalue weighted by Gasteiger charge is 2.25. The SMILES string of the molecule is CC(C)N(CC(=O)O)C(=O)C(N)Cc1ccc(O)cc1. The van der Waals surface area contributed by atoms with Gasteiger partial charge in [-0.2, -0.15) is 0 Å². The molecular weight excluding hydrogens is 260 g/mol. The second-order valence-electron chi connectivity index (χ2n) is 4.93. The van der Waals surface area contributed by atoms with Crippen LogP contribution in [-0.2, 0) is 16.0 Å². The number of carbonyl (C=O) groups is 2. The van der Waals surface area contributed by atoms with Crippen molar-refractivity contribution in [3.05, 3.63) is 29.8 Å². The Morgan fingerprint density at radius 3 is 2.25 bits per heavy atom. The van der Waals surface area contributed by atoms with Crippen molar-refractivity contribution >= 4 is 11.9 Å². The summed E-state index contributed by atoms with van der Waals surface area (Å²) >= 11 is 0. The first-order valence-corrected chi connectivity index (χ1v) is 6.37. The van der Waals surface area contributed by atoms with Crippen LogP contribution in [0.5, 0.6) is 5.75 Å². The van der Waals surface area contributed by atoms with Crippen molar-refractivity contribution in [2.45, 2.75) is 32.4 Å². The molecule has 1 aromatic rings. The highest BCUT2D eigenvalue weighted by Crippen LogP contribution is 2.12. The molecule has 1 rings (SSSR count). The molecule has 110 valence electrons. The zero-order valence-electron chi connectivity index (χ0n) is 11.6. The zero-order chi connectivity index (χ0) is 15.3. The quantitative estimate of drug-likeness (QED) is 0.707. The monoisotopic (exact) mass is 280 g/mol. The second-order valence-corrected chi connectivity index (χ2v) is 4.93. The lowest BCUT2D eigenvalue weighted by atomic mass is 10.0. The van der Waals surface area contributed by atoms with E-state index in [1.54, 1.807) is 26.0 Å². The number of rotatable bonds is 6. The van der Waals surface area contributed by atoms with Crippen LogP contribution in [0.15, 0.2) is 24.3 Å². The maximum atomic E-state index is 12.2. The Labute approximate surface area is 117 Å². The van der Waals surface area contributed by atoms with E-state index in [2.05, 4.69) is 0 Å². The summed E-state index contributed by atoms with van der Waals surface area (Å²) in [5, 5.41) is 18.0. The minimum absolute atomic E-state index is 0.142. The molecule has 0 fully saturated rings. The Morgan fingerprint density at radius 2 is 1.80 bits per heavy atom. The van der Waals surface area contributed by atoms with Gasteiger partial charge in [-0.05, 0) is 38.0 Å². The summed E-state index contributed by atoms with van der Waals surface area (Å²) < 4.78 is 0. The molecule has 0 radical (unpaired) electrons. The lowest BCUT2D eigenvalue weighted by molar-refractivity contribution is -0.146. The first kappa shape index (κ1) is 16.0. The molecule has 0 aromatic heterocycles. The molecule has 1 amide bonds. The van der Waals surface area contributed by atoms with E-state index in [9.17, 15) is 14.7 Å². The molecule has 1 atom stereocenters. The number of phenolic OH excluding ortho intramolecular Hbond substituents is 1. The van der Waals surface area contributed by atoms with Crippen molar-refractivity contribution in [1.82, 2.24) is 4.90 Å². The summed E-state index contributed by atoms with van der Waals surface area (Å²) in [5.41, 5.74) is 6.66. The first-order chi connectivity index (χ1) is 9.31. The lowest BCUT2D eigenvalue weighted by Gasteiger charge is -2.27. The van der Waals surface area contributed by atoms with Gasteiger partial charge in [0.25, 0.3) is 0 Å². The standard InChI is InChI=1S/C14H20N2O4/c1-9(2)16(8-13(18)19)14(20)12(15)7-10-3-5-11(17)6-4-10/h3-6,9,12,17H,7-8,15H2,1-2H3,(H,18,19). The Kier molecular flexibility index (Phi) is 5.52. The van der Waals surface area contributed by atoms with Gasteiger partial charge >= 0.3 is 5.97 Å². The van der Waals surface area contributed by atoms with Gasteiger partial charge in [-0.15, -0.1) is 0 Å². The van der Waals surface area contributed by atoms with E-state index < -0.39 is 17.9 Å². The van der Waals surface area contributed by atoms with Crippen molar-refractivity contribution in [2.75, 3.05) is 6.54 Å². The molecule has 4 N–H and O–H groups in total. The van der Waals surface area contributed by atoms with Crippen LogP contribution in [0.3, 0.4) is 0 Å². The van der Waals surface area contributed by atoms with E-state index in [1.165, 1.54) is 17.0 Å². The molecule has 1 aromatic carbocycles. The fourth-order valence-electron chi connectivity index (χ4n) is 1.85. The number of carbonyl (C=O) groups excluding carboxylic acids is 1. The van der Waals surface area contributed by atoms with Crippen LogP contribution in [0, 0.1) is 0 Å². The number of nitrogens with zero attached hydrogens (tertiary/aromatic N) is 1. The van der Waals surface area contributed by atoms with Crippen LogP contribution in [-0.4, -0.2) is 45.6 Å². The van der Waals surface area contributed by atoms with Crippen molar-refractivity contribution in [3.8, 4) is 5.75 Å². The van der Waals surface area contributed by atoms with Crippen molar-refractivity contribution < 1.29 is 19.8 Å². The smallest absolute Gasteiger partial charge is 0.323 e. The van der Waals surface area contributed by atoms with Crippen LogP contribution < -0.4 is 5.73 Å². The van der Waals surface area contributed by atoms with Gasteiger partial charge < -0.3 is 20.8 Å². The molecule has 0 aliphatic carbocycles. The largest absolute Gasteiger partial charge is 0.508 e. The predicted molar refractivity (Wildman–Crippen MR) is 74.3 cm³/mol. The van der Waals surface area contributed by atoms with E-state index in [0.29, 0.717) is 6.42 Å². The van der Waals surface area contributed by atoms with E-state index in [1.807, 2.05) is 0 Å². The molecule has 6 heteroatoms. The van der Waals surface area contributed by atoms with E-state index in [0.717, 1.165) is 5.56 Å². The Hall–Kier alpha value is -2.08. The summed E-state index contributed by atoms with van der Waals surface area (Å²) in [6, 6.07) is 5.36. The Balaban J connectivity index is 2.73. The van der Waals surface area contributed by atoms with Crippen molar-refractivity contribution in [3.63, 3.8) is 0 Å². The molecule has 0 saturated heterocycles. The fourth-order valence-corrected chi connectivity index (χ4v) is 1.85. The molecule has 0 saturated carbocycles. The molecule has 1 unspecified atom stereocenters. The second kappa shape index (κ2) is 6.91. The number of hydrogen-bond acceptors (Lipinski definition) is 4. The highest BCUT2D eigenvalue weighted by molar-refractivity contribution is 5.85. The third-order valence-corrected chi connectivity index (χ3v) is 2.92. The van der Waals surface area contributed by atoms with Crippen LogP contribution in [0.4, 0.5) is 0 Å². The summed E-state index contributed by atoms with van der Waals surface area (Å²) in [7, 11) is 0. The zero-order valence-corrected chi connectivity index (χ0v) is 11.6. The first-order valence-electron chi connectivity index (χ1n) is 6.37. The third kappa shape index (κ3) is 4.55. The maximum absolute atomic E-state index is 12.2. The summed E-state index contributed by atoms with van der Waals surface area (Å²) in [6.07, 6.45) is 0.294. The summed E-state index contributed by atoms with van der Waals surface area (Å²) in [6.45, 7) is 3.13. The van der Waals surface area contributed by atoms with Crippen LogP contribution in [0.1, 0.15) is 19.4 Å². The molecular formula is C14H20N2O4. The average Bonchev–Trinajstić information content (AvgIpc) is 2.37. The van der Waals surface area contributed by atoms with Gasteiger partial charge in [0.05, 0.1) is 6.04 Å². The van der Waals surface area contributed by atoms with E-state index >= 15 is 0 Å². The number of carboxylic acid groups (broad SMARTS) is 1. The third-order valence-electron chi connectivity index (χ3n) is 2.92. The van der Waals surface area contributed by atoms with Gasteiger partial charge in [-0.3, -0.25) is 9.59 Å². The number of aliphatic carboxylic acids is 1. The number of hydrogen-bond donors (Lipinski definition) is 3. The van der Waals surface area contributed by atoms with Gasteiger partial charge in [0.1, 0.15) is 12.3 Å². The molecule has 0 heterocycles. The van der Waals surface area contributed by atoms with Crippen molar-refractivity contribution in [1.29, 1.82) is 0 Å². The van der Waals surface area contributed by atoms with Crippen LogP contribution in [0.2, 0.25) is 0 Å². The van der Waals surface area contributed by atoms with Gasteiger partial charge in [-0.25, -0.2) is 0 Å². The number of benzene rings is 1. The molecule has 0 aliphatic heterocycles. The number of nitrogens with two attached hydrogens (primary N) is 1. The summed E-state index contributed by atoms with van der Waals surface area (Å²) in [5.74, 6) is -1.32. The Bertz CT molecular complexity index is 471. The molecule has 0 aliphatic rings. The van der Waals surface area contributed by atoms with E-state index in [-0.39, 0.29) is 18.3 Å². The van der Waals surface area contributed by atoms with Crippen LogP contribution in [0.25, 0.3) is 0 Å². The van der Waals surface area contributed by atoms with Gasteiger partial charge in [0, 0.05) is 6.04 Å². The molecule has 6 nitrogen and oxygen atoms in total. The number of carboxylic acids is 1. The minimum atomic E-state index is -1.07. The predicted octanol–water partition coefficient (Wildman–Crippen LogP) is 0.584. The fraction of sp³-hybridized carbons (Fsp3) is 0.429. The normalized spacial score (nSPS) is 12.2. The maximum Gasteiger partial charge on any atom is 0.323 e. The van der Waals surface area contributed by atoms with Gasteiger partial charge in [-0.1, -0.05) is 12.1 Å². The van der Waals surface area contributed by atoms with Crippen molar-refractivity contribution in [2.24, 2.45) is 5.73 Å².